The van der Waals surface area contributed by atoms with Gasteiger partial charge in [0.15, 0.2) is 5.76 Å². The van der Waals surface area contributed by atoms with Gasteiger partial charge in [0, 0.05) is 26.6 Å². The third kappa shape index (κ3) is 4.23. The molecule has 0 bridgehead atoms. The van der Waals surface area contributed by atoms with Crippen LogP contribution < -0.4 is 5.32 Å². The summed E-state index contributed by atoms with van der Waals surface area (Å²) >= 11 is 7.68. The van der Waals surface area contributed by atoms with Gasteiger partial charge < -0.3 is 9.73 Å². The van der Waals surface area contributed by atoms with Crippen molar-refractivity contribution in [3.8, 4) is 0 Å². The molecule has 1 aliphatic carbocycles. The molecule has 3 aromatic carbocycles. The van der Waals surface area contributed by atoms with Gasteiger partial charge in [0.1, 0.15) is 5.58 Å². The van der Waals surface area contributed by atoms with Crippen LogP contribution in [0.4, 0.5) is 0 Å². The van der Waals surface area contributed by atoms with Crippen LogP contribution in [0.15, 0.2) is 82.1 Å². The summed E-state index contributed by atoms with van der Waals surface area (Å²) in [6, 6.07) is 24.0. The number of aryl methyl sites for hydroxylation is 1. The lowest BCUT2D eigenvalue weighted by atomic mass is 9.87. The fourth-order valence-corrected chi connectivity index (χ4v) is 5.29. The number of hydrogen-bond acceptors (Lipinski definition) is 3. The molecule has 1 aromatic heterocycles. The second-order valence-electron chi connectivity index (χ2n) is 7.77. The van der Waals surface area contributed by atoms with Gasteiger partial charge >= 0.3 is 0 Å². The number of amides is 1. The average Bonchev–Trinajstić information content (AvgIpc) is 3.18. The van der Waals surface area contributed by atoms with E-state index in [2.05, 4.69) is 23.5 Å². The van der Waals surface area contributed by atoms with E-state index in [1.165, 1.54) is 11.1 Å². The number of para-hydroxylation sites is 1. The average molecular weight is 448 g/mol. The van der Waals surface area contributed by atoms with E-state index in [0.29, 0.717) is 16.5 Å². The van der Waals surface area contributed by atoms with Crippen LogP contribution in [0.25, 0.3) is 11.0 Å². The first-order valence-corrected chi connectivity index (χ1v) is 11.8. The van der Waals surface area contributed by atoms with E-state index in [0.717, 1.165) is 40.7 Å². The maximum atomic E-state index is 13.3. The highest BCUT2D eigenvalue weighted by molar-refractivity contribution is 7.98. The minimum Gasteiger partial charge on any atom is -0.451 e. The second-order valence-corrected chi connectivity index (χ2v) is 9.25. The molecule has 1 atom stereocenters. The number of furan rings is 1. The lowest BCUT2D eigenvalue weighted by molar-refractivity contribution is 0.0906. The van der Waals surface area contributed by atoms with Crippen LogP contribution in [-0.2, 0) is 12.2 Å². The molecule has 5 heteroatoms. The van der Waals surface area contributed by atoms with Gasteiger partial charge in [-0.05, 0) is 60.7 Å². The molecule has 156 valence electrons. The van der Waals surface area contributed by atoms with Gasteiger partial charge in [-0.3, -0.25) is 4.79 Å². The molecule has 4 aromatic rings. The number of rotatable bonds is 5. The molecule has 1 N–H and O–H groups in total. The molecule has 0 fully saturated rings. The summed E-state index contributed by atoms with van der Waals surface area (Å²) in [4.78, 5) is 14.4. The molecule has 3 nitrogen and oxygen atoms in total. The molecule has 0 unspecified atom stereocenters. The zero-order valence-corrected chi connectivity index (χ0v) is 18.5. The van der Waals surface area contributed by atoms with Crippen LogP contribution in [0.5, 0.6) is 0 Å². The number of halogens is 1. The molecular weight excluding hydrogens is 426 g/mol. The van der Waals surface area contributed by atoms with E-state index < -0.39 is 0 Å². The van der Waals surface area contributed by atoms with Crippen LogP contribution in [0.1, 0.15) is 46.1 Å². The zero-order chi connectivity index (χ0) is 21.2. The summed E-state index contributed by atoms with van der Waals surface area (Å²) in [6.07, 6.45) is 3.08. The van der Waals surface area contributed by atoms with Crippen molar-refractivity contribution in [1.82, 2.24) is 5.32 Å². The van der Waals surface area contributed by atoms with Gasteiger partial charge in [0.2, 0.25) is 0 Å². The Bertz CT molecular complexity index is 1230. The van der Waals surface area contributed by atoms with E-state index >= 15 is 0 Å². The predicted octanol–water partition coefficient (Wildman–Crippen LogP) is 7.19. The van der Waals surface area contributed by atoms with Crippen molar-refractivity contribution in [1.29, 1.82) is 0 Å². The van der Waals surface area contributed by atoms with Crippen LogP contribution in [0.2, 0.25) is 5.02 Å². The van der Waals surface area contributed by atoms with Gasteiger partial charge in [-0.25, -0.2) is 0 Å². The quantitative estimate of drug-likeness (QED) is 0.329. The molecule has 1 aliphatic rings. The van der Waals surface area contributed by atoms with Crippen molar-refractivity contribution in [2.75, 3.05) is 0 Å². The van der Waals surface area contributed by atoms with E-state index in [1.807, 2.05) is 54.6 Å². The Morgan fingerprint density at radius 3 is 2.68 bits per heavy atom. The first-order chi connectivity index (χ1) is 15.2. The molecular formula is C26H22ClNO2S. The zero-order valence-electron chi connectivity index (χ0n) is 16.9. The maximum Gasteiger partial charge on any atom is 0.287 e. The molecule has 1 heterocycles. The summed E-state index contributed by atoms with van der Waals surface area (Å²) in [6.45, 7) is 0. The van der Waals surface area contributed by atoms with E-state index in [1.54, 1.807) is 11.8 Å². The molecule has 1 amide bonds. The largest absolute Gasteiger partial charge is 0.451 e. The first kappa shape index (κ1) is 20.2. The summed E-state index contributed by atoms with van der Waals surface area (Å²) in [7, 11) is 0. The Kier molecular flexibility index (Phi) is 5.75. The summed E-state index contributed by atoms with van der Waals surface area (Å²) in [5, 5.41) is 4.94. The van der Waals surface area contributed by atoms with Crippen molar-refractivity contribution in [3.05, 3.63) is 100 Å². The van der Waals surface area contributed by atoms with Crippen molar-refractivity contribution in [2.45, 2.75) is 36.0 Å². The van der Waals surface area contributed by atoms with E-state index in [9.17, 15) is 4.79 Å². The minimum atomic E-state index is -0.149. The molecule has 5 rings (SSSR count). The van der Waals surface area contributed by atoms with Gasteiger partial charge in [-0.1, -0.05) is 54.1 Å². The third-order valence-electron chi connectivity index (χ3n) is 5.78. The number of carbonyl (C=O) groups is 1. The van der Waals surface area contributed by atoms with Gasteiger partial charge in [0.25, 0.3) is 5.91 Å². The Morgan fingerprint density at radius 2 is 1.81 bits per heavy atom. The van der Waals surface area contributed by atoms with E-state index in [-0.39, 0.29) is 11.9 Å². The first-order valence-electron chi connectivity index (χ1n) is 10.5. The minimum absolute atomic E-state index is 0.0161. The highest BCUT2D eigenvalue weighted by Gasteiger charge is 2.26. The number of thioether (sulfide) groups is 1. The Hall–Kier alpha value is -2.69. The van der Waals surface area contributed by atoms with Crippen LogP contribution >= 0.6 is 23.4 Å². The SMILES string of the molecule is O=C(N[C@H]1CCCc2ccccc21)c1oc2ccccc2c1CSc1ccc(Cl)cc1. The Morgan fingerprint density at radius 1 is 1.03 bits per heavy atom. The van der Waals surface area contributed by atoms with Crippen LogP contribution in [0, 0.1) is 0 Å². The van der Waals surface area contributed by atoms with Crippen molar-refractivity contribution in [2.24, 2.45) is 0 Å². The van der Waals surface area contributed by atoms with Crippen molar-refractivity contribution >= 4 is 40.2 Å². The second kappa shape index (κ2) is 8.81. The molecule has 0 radical (unpaired) electrons. The number of hydrogen-bond donors (Lipinski definition) is 1. The predicted molar refractivity (Wildman–Crippen MR) is 127 cm³/mol. The monoisotopic (exact) mass is 447 g/mol. The smallest absolute Gasteiger partial charge is 0.287 e. The summed E-state index contributed by atoms with van der Waals surface area (Å²) < 4.78 is 6.05. The topological polar surface area (TPSA) is 42.2 Å². The van der Waals surface area contributed by atoms with Gasteiger partial charge in [-0.15, -0.1) is 11.8 Å². The fraction of sp³-hybridized carbons (Fsp3) is 0.192. The van der Waals surface area contributed by atoms with E-state index in [4.69, 9.17) is 16.0 Å². The fourth-order valence-electron chi connectivity index (χ4n) is 4.24. The van der Waals surface area contributed by atoms with Gasteiger partial charge in [-0.2, -0.15) is 0 Å². The number of benzene rings is 3. The molecule has 0 spiro atoms. The summed E-state index contributed by atoms with van der Waals surface area (Å²) in [5.41, 5.74) is 4.21. The standard InChI is InChI=1S/C26H22ClNO2S/c27-18-12-14-19(15-13-18)31-16-22-21-9-3-4-11-24(21)30-25(22)26(29)28-23-10-5-7-17-6-1-2-8-20(17)23/h1-4,6,8-9,11-15,23H,5,7,10,16H2,(H,28,29)/t23-/m0/s1. The molecule has 0 saturated carbocycles. The number of nitrogens with one attached hydrogen (secondary N) is 1. The Labute approximate surface area is 190 Å². The normalized spacial score (nSPS) is 15.6. The number of carbonyl (C=O) groups excluding carboxylic acids is 1. The van der Waals surface area contributed by atoms with Crippen molar-refractivity contribution < 1.29 is 9.21 Å². The Balaban J connectivity index is 1.43. The highest BCUT2D eigenvalue weighted by Crippen LogP contribution is 2.34. The maximum absolute atomic E-state index is 13.3. The molecule has 0 saturated heterocycles. The third-order valence-corrected chi connectivity index (χ3v) is 7.07. The van der Waals surface area contributed by atoms with Gasteiger partial charge in [0.05, 0.1) is 6.04 Å². The number of fused-ring (bicyclic) bond motifs is 2. The van der Waals surface area contributed by atoms with Crippen LogP contribution in [-0.4, -0.2) is 5.91 Å². The lowest BCUT2D eigenvalue weighted by Crippen LogP contribution is -2.31. The lowest BCUT2D eigenvalue weighted by Gasteiger charge is -2.26. The van der Waals surface area contributed by atoms with Crippen molar-refractivity contribution in [3.63, 3.8) is 0 Å². The highest BCUT2D eigenvalue weighted by atomic mass is 35.5. The summed E-state index contributed by atoms with van der Waals surface area (Å²) in [5.74, 6) is 0.901. The molecule has 31 heavy (non-hydrogen) atoms. The van der Waals surface area contributed by atoms with Crippen LogP contribution in [0.3, 0.4) is 0 Å². The molecule has 0 aliphatic heterocycles.